The Morgan fingerprint density at radius 1 is 1.50 bits per heavy atom. The van der Waals surface area contributed by atoms with Crippen molar-refractivity contribution < 1.29 is 0 Å². The van der Waals surface area contributed by atoms with Gasteiger partial charge in [-0.15, -0.1) is 0 Å². The van der Waals surface area contributed by atoms with Gasteiger partial charge in [0.15, 0.2) is 0 Å². The Kier molecular flexibility index (Phi) is 4.59. The van der Waals surface area contributed by atoms with Gasteiger partial charge in [0.25, 0.3) is 0 Å². The molecule has 1 aromatic heterocycles. The Bertz CT molecular complexity index is 400. The summed E-state index contributed by atoms with van der Waals surface area (Å²) in [6.07, 6.45) is 6.03. The summed E-state index contributed by atoms with van der Waals surface area (Å²) in [5.41, 5.74) is 7.02. The van der Waals surface area contributed by atoms with Crippen molar-refractivity contribution >= 4 is 29.0 Å². The molecule has 0 aromatic carbocycles. The van der Waals surface area contributed by atoms with E-state index >= 15 is 0 Å². The van der Waals surface area contributed by atoms with E-state index < -0.39 is 0 Å². The van der Waals surface area contributed by atoms with E-state index in [9.17, 15) is 0 Å². The maximum atomic E-state index is 5.89. The lowest BCUT2D eigenvalue weighted by molar-refractivity contribution is 0.210. The monoisotopic (exact) mass is 281 g/mol. The van der Waals surface area contributed by atoms with E-state index in [2.05, 4.69) is 22.2 Å². The minimum atomic E-state index is 0.00987. The van der Waals surface area contributed by atoms with Crippen LogP contribution in [0.25, 0.3) is 0 Å². The van der Waals surface area contributed by atoms with Crippen LogP contribution in [-0.2, 0) is 6.54 Å². The standard InChI is InChI=1S/C13H19N3S2/c1-18-13(12(14)17)5-8-16(9-6-13)10-11-4-2-3-7-15-11/h2-4,7H,5-6,8-10H2,1H3,(H2,14,17). The third-order valence-corrected chi connectivity index (χ3v) is 5.54. The quantitative estimate of drug-likeness (QED) is 0.856. The summed E-state index contributed by atoms with van der Waals surface area (Å²) < 4.78 is 0.00987. The van der Waals surface area contributed by atoms with Gasteiger partial charge in [0.1, 0.15) is 0 Å². The highest BCUT2D eigenvalue weighted by Gasteiger charge is 2.36. The molecule has 98 valence electrons. The van der Waals surface area contributed by atoms with Crippen molar-refractivity contribution in [1.29, 1.82) is 0 Å². The summed E-state index contributed by atoms with van der Waals surface area (Å²) in [4.78, 5) is 7.45. The Morgan fingerprint density at radius 2 is 2.22 bits per heavy atom. The first-order valence-electron chi connectivity index (χ1n) is 6.13. The van der Waals surface area contributed by atoms with E-state index in [4.69, 9.17) is 18.0 Å². The zero-order chi connectivity index (χ0) is 13.0. The summed E-state index contributed by atoms with van der Waals surface area (Å²) in [6, 6.07) is 6.06. The van der Waals surface area contributed by atoms with E-state index in [-0.39, 0.29) is 4.75 Å². The predicted octanol–water partition coefficient (Wildman–Crippen LogP) is 2.07. The molecule has 1 aliphatic rings. The first-order valence-corrected chi connectivity index (χ1v) is 7.77. The largest absolute Gasteiger partial charge is 0.392 e. The van der Waals surface area contributed by atoms with E-state index in [1.165, 1.54) is 0 Å². The fourth-order valence-electron chi connectivity index (χ4n) is 2.34. The highest BCUT2D eigenvalue weighted by molar-refractivity contribution is 8.02. The lowest BCUT2D eigenvalue weighted by atomic mass is 9.95. The van der Waals surface area contributed by atoms with Gasteiger partial charge in [-0.1, -0.05) is 18.3 Å². The fourth-order valence-corrected chi connectivity index (χ4v) is 3.59. The SMILES string of the molecule is CSC1(C(N)=S)CCN(Cc2ccccn2)CC1. The lowest BCUT2D eigenvalue weighted by Crippen LogP contribution is -2.49. The van der Waals surface area contributed by atoms with E-state index in [0.717, 1.165) is 38.2 Å². The molecule has 0 radical (unpaired) electrons. The molecular formula is C13H19N3S2. The molecule has 1 fully saturated rings. The normalized spacial score (nSPS) is 19.6. The van der Waals surface area contributed by atoms with Crippen LogP contribution in [0.2, 0.25) is 0 Å². The Labute approximate surface area is 118 Å². The van der Waals surface area contributed by atoms with Crippen LogP contribution in [0, 0.1) is 0 Å². The number of nitrogens with zero attached hydrogens (tertiary/aromatic N) is 2. The molecule has 2 rings (SSSR count). The highest BCUT2D eigenvalue weighted by Crippen LogP contribution is 2.35. The fraction of sp³-hybridized carbons (Fsp3) is 0.538. The molecule has 0 saturated carbocycles. The van der Waals surface area contributed by atoms with E-state index in [0.29, 0.717) is 4.99 Å². The van der Waals surface area contributed by atoms with Crippen molar-refractivity contribution in [3.05, 3.63) is 30.1 Å². The van der Waals surface area contributed by atoms with Gasteiger partial charge >= 0.3 is 0 Å². The molecule has 3 nitrogen and oxygen atoms in total. The molecule has 5 heteroatoms. The number of rotatable bonds is 4. The molecule has 0 amide bonds. The lowest BCUT2D eigenvalue weighted by Gasteiger charge is -2.39. The van der Waals surface area contributed by atoms with E-state index in [1.807, 2.05) is 18.3 Å². The van der Waals surface area contributed by atoms with Gasteiger partial charge in [0.05, 0.1) is 15.4 Å². The molecule has 1 aromatic rings. The molecular weight excluding hydrogens is 262 g/mol. The number of aromatic nitrogens is 1. The number of thiocarbonyl (C=S) groups is 1. The third kappa shape index (κ3) is 3.02. The number of nitrogens with two attached hydrogens (primary N) is 1. The topological polar surface area (TPSA) is 42.1 Å². The molecule has 0 unspecified atom stereocenters. The van der Waals surface area contributed by atoms with Gasteiger partial charge in [-0.3, -0.25) is 9.88 Å². The van der Waals surface area contributed by atoms with Crippen LogP contribution in [-0.4, -0.2) is 39.0 Å². The third-order valence-electron chi connectivity index (χ3n) is 3.62. The minimum absolute atomic E-state index is 0.00987. The summed E-state index contributed by atoms with van der Waals surface area (Å²) in [5, 5.41) is 0. The van der Waals surface area contributed by atoms with Crippen LogP contribution < -0.4 is 5.73 Å². The number of hydrogen-bond acceptors (Lipinski definition) is 4. The first-order chi connectivity index (χ1) is 8.66. The van der Waals surface area contributed by atoms with Crippen molar-refractivity contribution in [3.8, 4) is 0 Å². The first kappa shape index (κ1) is 13.8. The van der Waals surface area contributed by atoms with Gasteiger partial charge in [0.2, 0.25) is 0 Å². The minimum Gasteiger partial charge on any atom is -0.392 e. The van der Waals surface area contributed by atoms with Crippen LogP contribution >= 0.6 is 24.0 Å². The van der Waals surface area contributed by atoms with Crippen LogP contribution in [0.3, 0.4) is 0 Å². The molecule has 2 N–H and O–H groups in total. The Balaban J connectivity index is 1.93. The second-order valence-corrected chi connectivity index (χ2v) is 6.29. The van der Waals surface area contributed by atoms with E-state index in [1.54, 1.807) is 11.8 Å². The van der Waals surface area contributed by atoms with Crippen molar-refractivity contribution in [2.75, 3.05) is 19.3 Å². The molecule has 1 aliphatic heterocycles. The zero-order valence-corrected chi connectivity index (χ0v) is 12.3. The number of piperidine rings is 1. The molecule has 0 atom stereocenters. The second-order valence-electron chi connectivity index (χ2n) is 4.66. The predicted molar refractivity (Wildman–Crippen MR) is 81.8 cm³/mol. The molecule has 0 spiro atoms. The molecule has 0 aliphatic carbocycles. The number of pyridine rings is 1. The van der Waals surface area contributed by atoms with Gasteiger partial charge < -0.3 is 5.73 Å². The average molecular weight is 281 g/mol. The van der Waals surface area contributed by atoms with Crippen LogP contribution in [0.15, 0.2) is 24.4 Å². The van der Waals surface area contributed by atoms with Gasteiger partial charge in [-0.2, -0.15) is 11.8 Å². The molecule has 18 heavy (non-hydrogen) atoms. The summed E-state index contributed by atoms with van der Waals surface area (Å²) in [6.45, 7) is 2.99. The summed E-state index contributed by atoms with van der Waals surface area (Å²) in [5.74, 6) is 0. The van der Waals surface area contributed by atoms with Crippen LogP contribution in [0.5, 0.6) is 0 Å². The summed E-state index contributed by atoms with van der Waals surface area (Å²) in [7, 11) is 0. The van der Waals surface area contributed by atoms with Crippen molar-refractivity contribution in [3.63, 3.8) is 0 Å². The summed E-state index contributed by atoms with van der Waals surface area (Å²) >= 11 is 7.02. The average Bonchev–Trinajstić information content (AvgIpc) is 2.41. The maximum Gasteiger partial charge on any atom is 0.0891 e. The van der Waals surface area contributed by atoms with Crippen LogP contribution in [0.1, 0.15) is 18.5 Å². The zero-order valence-electron chi connectivity index (χ0n) is 10.6. The smallest absolute Gasteiger partial charge is 0.0891 e. The molecule has 0 bridgehead atoms. The number of hydrogen-bond donors (Lipinski definition) is 1. The molecule has 2 heterocycles. The Hall–Kier alpha value is -0.650. The van der Waals surface area contributed by atoms with Crippen molar-refractivity contribution in [2.45, 2.75) is 24.1 Å². The Morgan fingerprint density at radius 3 is 2.72 bits per heavy atom. The van der Waals surface area contributed by atoms with Crippen molar-refractivity contribution in [2.24, 2.45) is 5.73 Å². The number of likely N-dealkylation sites (tertiary alicyclic amines) is 1. The van der Waals surface area contributed by atoms with Crippen molar-refractivity contribution in [1.82, 2.24) is 9.88 Å². The van der Waals surface area contributed by atoms with Gasteiger partial charge in [-0.05, 0) is 31.2 Å². The second kappa shape index (κ2) is 5.99. The number of thioether (sulfide) groups is 1. The van der Waals surface area contributed by atoms with Gasteiger partial charge in [-0.25, -0.2) is 0 Å². The highest BCUT2D eigenvalue weighted by atomic mass is 32.2. The molecule has 1 saturated heterocycles. The van der Waals surface area contributed by atoms with Gasteiger partial charge in [0, 0.05) is 25.8 Å². The van der Waals surface area contributed by atoms with Crippen LogP contribution in [0.4, 0.5) is 0 Å². The maximum absolute atomic E-state index is 5.89.